The first-order valence-corrected chi connectivity index (χ1v) is 6.29. The number of nitrogens with zero attached hydrogens (tertiary/aromatic N) is 2. The van der Waals surface area contributed by atoms with Gasteiger partial charge in [-0.15, -0.1) is 11.3 Å². The molecule has 0 saturated heterocycles. The van der Waals surface area contributed by atoms with Crippen LogP contribution in [-0.4, -0.2) is 9.97 Å². The lowest BCUT2D eigenvalue weighted by molar-refractivity contribution is 1.05. The first-order valence-electron chi connectivity index (χ1n) is 4.17. The molecule has 0 saturated carbocycles. The standard InChI is InChI=1S/C9H7BrClN3S/c10-8-1-6(11)2-12-9(8)13-3-7-4-15-5-14-7/h1-2,4-5H,3H2,(H,12,13). The van der Waals surface area contributed by atoms with E-state index in [0.29, 0.717) is 11.6 Å². The Morgan fingerprint density at radius 3 is 3.00 bits per heavy atom. The maximum atomic E-state index is 5.79. The SMILES string of the molecule is Clc1cnc(NCc2cscn2)c(Br)c1. The first-order chi connectivity index (χ1) is 7.25. The Balaban J connectivity index is 2.05. The average Bonchev–Trinajstić information content (AvgIpc) is 2.69. The van der Waals surface area contributed by atoms with E-state index in [1.807, 2.05) is 5.38 Å². The van der Waals surface area contributed by atoms with E-state index in [4.69, 9.17) is 11.6 Å². The summed E-state index contributed by atoms with van der Waals surface area (Å²) in [5.74, 6) is 0.771. The third-order valence-corrected chi connectivity index (χ3v) is 3.17. The summed E-state index contributed by atoms with van der Waals surface area (Å²) in [6.07, 6.45) is 1.61. The van der Waals surface area contributed by atoms with Crippen molar-refractivity contribution in [1.29, 1.82) is 0 Å². The van der Waals surface area contributed by atoms with Gasteiger partial charge in [0.15, 0.2) is 0 Å². The van der Waals surface area contributed by atoms with Gasteiger partial charge in [0.1, 0.15) is 5.82 Å². The highest BCUT2D eigenvalue weighted by molar-refractivity contribution is 9.10. The van der Waals surface area contributed by atoms with Crippen molar-refractivity contribution >= 4 is 44.7 Å². The Bertz CT molecular complexity index is 447. The fraction of sp³-hybridized carbons (Fsp3) is 0.111. The molecule has 2 heterocycles. The van der Waals surface area contributed by atoms with Gasteiger partial charge >= 0.3 is 0 Å². The summed E-state index contributed by atoms with van der Waals surface area (Å²) in [6, 6.07) is 1.80. The zero-order chi connectivity index (χ0) is 10.7. The second-order valence-electron chi connectivity index (χ2n) is 2.82. The molecular formula is C9H7BrClN3S. The molecule has 3 nitrogen and oxygen atoms in total. The molecule has 2 aromatic rings. The molecule has 0 aliphatic rings. The topological polar surface area (TPSA) is 37.8 Å². The summed E-state index contributed by atoms with van der Waals surface area (Å²) in [7, 11) is 0. The summed E-state index contributed by atoms with van der Waals surface area (Å²) >= 11 is 10.7. The number of thiazole rings is 1. The molecule has 0 aliphatic carbocycles. The van der Waals surface area contributed by atoms with Crippen molar-refractivity contribution in [1.82, 2.24) is 9.97 Å². The van der Waals surface area contributed by atoms with Crippen molar-refractivity contribution in [3.8, 4) is 0 Å². The van der Waals surface area contributed by atoms with Crippen LogP contribution in [0.1, 0.15) is 5.69 Å². The molecule has 0 atom stereocenters. The summed E-state index contributed by atoms with van der Waals surface area (Å²) < 4.78 is 0.852. The third-order valence-electron chi connectivity index (χ3n) is 1.73. The molecule has 2 aromatic heterocycles. The minimum absolute atomic E-state index is 0.612. The van der Waals surface area contributed by atoms with Crippen LogP contribution in [0.15, 0.2) is 27.6 Å². The highest BCUT2D eigenvalue weighted by atomic mass is 79.9. The molecule has 0 unspecified atom stereocenters. The van der Waals surface area contributed by atoms with E-state index < -0.39 is 0 Å². The fourth-order valence-corrected chi connectivity index (χ4v) is 2.38. The van der Waals surface area contributed by atoms with E-state index in [2.05, 4.69) is 31.2 Å². The second-order valence-corrected chi connectivity index (χ2v) is 4.83. The number of anilines is 1. The van der Waals surface area contributed by atoms with Crippen LogP contribution < -0.4 is 5.32 Å². The maximum absolute atomic E-state index is 5.79. The molecule has 2 rings (SSSR count). The molecule has 6 heteroatoms. The number of pyridine rings is 1. The highest BCUT2D eigenvalue weighted by Crippen LogP contribution is 2.23. The van der Waals surface area contributed by atoms with Crippen molar-refractivity contribution in [3.05, 3.63) is 38.3 Å². The lowest BCUT2D eigenvalue weighted by Crippen LogP contribution is -2.01. The largest absolute Gasteiger partial charge is 0.363 e. The number of nitrogens with one attached hydrogen (secondary N) is 1. The predicted molar refractivity (Wildman–Crippen MR) is 66.4 cm³/mol. The van der Waals surface area contributed by atoms with E-state index in [1.165, 1.54) is 0 Å². The minimum Gasteiger partial charge on any atom is -0.363 e. The van der Waals surface area contributed by atoms with Crippen LogP contribution in [0.25, 0.3) is 0 Å². The Kier molecular flexibility index (Phi) is 3.56. The molecule has 0 aliphatic heterocycles. The van der Waals surface area contributed by atoms with Gasteiger partial charge in [0, 0.05) is 11.6 Å². The molecule has 0 bridgehead atoms. The molecule has 0 aromatic carbocycles. The normalized spacial score (nSPS) is 10.3. The highest BCUT2D eigenvalue weighted by Gasteiger charge is 2.02. The van der Waals surface area contributed by atoms with E-state index in [-0.39, 0.29) is 0 Å². The summed E-state index contributed by atoms with van der Waals surface area (Å²) in [6.45, 7) is 0.663. The van der Waals surface area contributed by atoms with E-state index in [9.17, 15) is 0 Å². The Morgan fingerprint density at radius 1 is 1.47 bits per heavy atom. The first kappa shape index (κ1) is 10.9. The molecule has 15 heavy (non-hydrogen) atoms. The van der Waals surface area contributed by atoms with Crippen LogP contribution in [0.2, 0.25) is 5.02 Å². The van der Waals surface area contributed by atoms with E-state index in [0.717, 1.165) is 16.0 Å². The van der Waals surface area contributed by atoms with Crippen molar-refractivity contribution in [3.63, 3.8) is 0 Å². The summed E-state index contributed by atoms with van der Waals surface area (Å²) in [5.41, 5.74) is 2.81. The number of hydrogen-bond donors (Lipinski definition) is 1. The molecule has 0 radical (unpaired) electrons. The molecular weight excluding hydrogens is 298 g/mol. The Labute approximate surface area is 105 Å². The van der Waals surface area contributed by atoms with Crippen molar-refractivity contribution in [2.45, 2.75) is 6.54 Å². The van der Waals surface area contributed by atoms with E-state index >= 15 is 0 Å². The molecule has 1 N–H and O–H groups in total. The van der Waals surface area contributed by atoms with Crippen LogP contribution in [-0.2, 0) is 6.54 Å². The van der Waals surface area contributed by atoms with Gasteiger partial charge in [-0.1, -0.05) is 11.6 Å². The number of hydrogen-bond acceptors (Lipinski definition) is 4. The lowest BCUT2D eigenvalue weighted by Gasteiger charge is -2.05. The molecule has 0 spiro atoms. The van der Waals surface area contributed by atoms with Gasteiger partial charge in [-0.2, -0.15) is 0 Å². The maximum Gasteiger partial charge on any atom is 0.140 e. The third kappa shape index (κ3) is 2.90. The van der Waals surface area contributed by atoms with Gasteiger partial charge in [0.2, 0.25) is 0 Å². The van der Waals surface area contributed by atoms with Crippen molar-refractivity contribution < 1.29 is 0 Å². The van der Waals surface area contributed by atoms with Gasteiger partial charge < -0.3 is 5.32 Å². The van der Waals surface area contributed by atoms with Gasteiger partial charge in [-0.3, -0.25) is 0 Å². The quantitative estimate of drug-likeness (QED) is 0.942. The van der Waals surface area contributed by atoms with E-state index in [1.54, 1.807) is 29.1 Å². The van der Waals surface area contributed by atoms with Gasteiger partial charge in [0.05, 0.1) is 27.2 Å². The monoisotopic (exact) mass is 303 g/mol. The van der Waals surface area contributed by atoms with Crippen molar-refractivity contribution in [2.75, 3.05) is 5.32 Å². The Morgan fingerprint density at radius 2 is 2.33 bits per heavy atom. The molecule has 78 valence electrons. The molecule has 0 amide bonds. The van der Waals surface area contributed by atoms with Crippen LogP contribution >= 0.6 is 38.9 Å². The van der Waals surface area contributed by atoms with Crippen LogP contribution in [0.5, 0.6) is 0 Å². The van der Waals surface area contributed by atoms with Gasteiger partial charge in [-0.05, 0) is 22.0 Å². The minimum atomic E-state index is 0.612. The fourth-order valence-electron chi connectivity index (χ4n) is 1.04. The molecule has 0 fully saturated rings. The summed E-state index contributed by atoms with van der Waals surface area (Å²) in [5, 5.41) is 5.78. The van der Waals surface area contributed by atoms with Crippen LogP contribution in [0, 0.1) is 0 Å². The van der Waals surface area contributed by atoms with Crippen LogP contribution in [0.4, 0.5) is 5.82 Å². The second kappa shape index (κ2) is 4.92. The smallest absolute Gasteiger partial charge is 0.140 e. The predicted octanol–water partition coefficient (Wildman–Crippen LogP) is 3.57. The zero-order valence-corrected chi connectivity index (χ0v) is 10.7. The van der Waals surface area contributed by atoms with Crippen LogP contribution in [0.3, 0.4) is 0 Å². The number of rotatable bonds is 3. The van der Waals surface area contributed by atoms with Crippen molar-refractivity contribution in [2.24, 2.45) is 0 Å². The number of halogens is 2. The lowest BCUT2D eigenvalue weighted by atomic mass is 10.4. The average molecular weight is 305 g/mol. The Hall–Kier alpha value is -0.650. The van der Waals surface area contributed by atoms with Gasteiger partial charge in [-0.25, -0.2) is 9.97 Å². The zero-order valence-electron chi connectivity index (χ0n) is 7.58. The summed E-state index contributed by atoms with van der Waals surface area (Å²) in [4.78, 5) is 8.33. The number of aromatic nitrogens is 2. The van der Waals surface area contributed by atoms with Gasteiger partial charge in [0.25, 0.3) is 0 Å².